The Morgan fingerprint density at radius 2 is 0.481 bits per heavy atom. The highest BCUT2D eigenvalue weighted by Gasteiger charge is 2.03. The van der Waals surface area contributed by atoms with Crippen LogP contribution in [0.15, 0.2) is 0 Å². The molecule has 0 heterocycles. The van der Waals surface area contributed by atoms with Gasteiger partial charge in [0, 0.05) is 12.8 Å². The molecular weight excluding hydrogens is 641 g/mol. The zero-order valence-electron chi connectivity index (χ0n) is 36.3. The van der Waals surface area contributed by atoms with Crippen molar-refractivity contribution in [3.63, 3.8) is 0 Å². The van der Waals surface area contributed by atoms with Crippen LogP contribution >= 0.6 is 0 Å². The maximum Gasteiger partial charge on any atom is 0.305 e. The minimum absolute atomic E-state index is 0.0210. The second-order valence-corrected chi connectivity index (χ2v) is 15.9. The first-order valence-electron chi connectivity index (χ1n) is 23.9. The average molecular weight is 737 g/mol. The Morgan fingerprint density at radius 1 is 0.269 bits per heavy atom. The van der Waals surface area contributed by atoms with Gasteiger partial charge in [-0.1, -0.05) is 245 Å². The molecule has 0 N–H and O–H groups in total. The van der Waals surface area contributed by atoms with Gasteiger partial charge in [-0.2, -0.15) is 0 Å². The second kappa shape index (κ2) is 49.9. The fraction of sp³-hybridized carbons (Fsp3) is 0.958. The van der Waals surface area contributed by atoms with Gasteiger partial charge in [-0.25, -0.2) is 0 Å². The molecule has 0 rings (SSSR count). The number of ether oxygens (including phenoxy) is 2. The van der Waals surface area contributed by atoms with Crippen molar-refractivity contribution in [2.24, 2.45) is 0 Å². The predicted molar refractivity (Wildman–Crippen MR) is 229 cm³/mol. The van der Waals surface area contributed by atoms with E-state index in [0.717, 1.165) is 19.3 Å². The van der Waals surface area contributed by atoms with Crippen LogP contribution in [-0.2, 0) is 19.1 Å². The monoisotopic (exact) mass is 737 g/mol. The predicted octanol–water partition coefficient (Wildman–Crippen LogP) is 16.7. The SMILES string of the molecule is CCCCCCCCCCCCCCCCCC(=O)OCC.CCCCCCCCCCCCCCCCCC(=O)OCCCCCCCCCC. The summed E-state index contributed by atoms with van der Waals surface area (Å²) < 4.78 is 10.3. The van der Waals surface area contributed by atoms with Crippen molar-refractivity contribution in [3.05, 3.63) is 0 Å². The zero-order chi connectivity index (χ0) is 38.3. The summed E-state index contributed by atoms with van der Waals surface area (Å²) in [5.74, 6) is -0.00941. The van der Waals surface area contributed by atoms with Crippen molar-refractivity contribution < 1.29 is 19.1 Å². The highest BCUT2D eigenvalue weighted by atomic mass is 16.5. The van der Waals surface area contributed by atoms with Crippen molar-refractivity contribution in [2.45, 2.75) is 285 Å². The van der Waals surface area contributed by atoms with Gasteiger partial charge in [-0.15, -0.1) is 0 Å². The summed E-state index contributed by atoms with van der Waals surface area (Å²) in [5, 5.41) is 0. The molecule has 0 aromatic carbocycles. The Balaban J connectivity index is 0. The average Bonchev–Trinajstić information content (AvgIpc) is 3.14. The molecule has 312 valence electrons. The summed E-state index contributed by atoms with van der Waals surface area (Å²) in [4.78, 5) is 22.9. The van der Waals surface area contributed by atoms with E-state index in [2.05, 4.69) is 20.8 Å². The molecule has 0 spiro atoms. The lowest BCUT2D eigenvalue weighted by molar-refractivity contribution is -0.144. The topological polar surface area (TPSA) is 52.6 Å². The number of hydrogen-bond acceptors (Lipinski definition) is 4. The van der Waals surface area contributed by atoms with Crippen molar-refractivity contribution in [1.29, 1.82) is 0 Å². The Kier molecular flexibility index (Phi) is 50.9. The van der Waals surface area contributed by atoms with E-state index in [1.807, 2.05) is 6.92 Å². The van der Waals surface area contributed by atoms with E-state index < -0.39 is 0 Å². The molecule has 4 nitrogen and oxygen atoms in total. The molecule has 0 saturated carbocycles. The van der Waals surface area contributed by atoms with Gasteiger partial charge in [0.25, 0.3) is 0 Å². The van der Waals surface area contributed by atoms with Gasteiger partial charge in [-0.3, -0.25) is 9.59 Å². The lowest BCUT2D eigenvalue weighted by atomic mass is 10.0. The van der Waals surface area contributed by atoms with Crippen LogP contribution in [0, 0.1) is 0 Å². The van der Waals surface area contributed by atoms with Gasteiger partial charge in [0.05, 0.1) is 13.2 Å². The van der Waals surface area contributed by atoms with Gasteiger partial charge >= 0.3 is 11.9 Å². The molecule has 4 heteroatoms. The van der Waals surface area contributed by atoms with E-state index in [1.165, 1.54) is 225 Å². The second-order valence-electron chi connectivity index (χ2n) is 15.9. The molecule has 0 aliphatic rings. The van der Waals surface area contributed by atoms with Crippen molar-refractivity contribution in [3.8, 4) is 0 Å². The molecule has 0 saturated heterocycles. The van der Waals surface area contributed by atoms with E-state index >= 15 is 0 Å². The maximum atomic E-state index is 11.8. The van der Waals surface area contributed by atoms with Gasteiger partial charge in [0.1, 0.15) is 0 Å². The standard InChI is InChI=1S/C28H56O2.C20H40O2/c1-3-5-7-9-11-13-14-15-16-17-18-19-20-22-24-26-28(29)30-27-25-23-21-12-10-8-6-4-2;1-3-5-6-7-8-9-10-11-12-13-14-15-16-17-18-19-20(21)22-4-2/h3-27H2,1-2H3;3-19H2,1-2H3. The molecular formula is C48H96O4. The van der Waals surface area contributed by atoms with E-state index in [0.29, 0.717) is 26.1 Å². The highest BCUT2D eigenvalue weighted by Crippen LogP contribution is 2.16. The molecule has 52 heavy (non-hydrogen) atoms. The van der Waals surface area contributed by atoms with Crippen LogP contribution in [0.25, 0.3) is 0 Å². The lowest BCUT2D eigenvalue weighted by Gasteiger charge is -2.05. The molecule has 0 aliphatic heterocycles. The Labute approximate surface area is 327 Å². The van der Waals surface area contributed by atoms with Crippen LogP contribution in [0.1, 0.15) is 285 Å². The Hall–Kier alpha value is -1.06. The molecule has 0 aliphatic carbocycles. The van der Waals surface area contributed by atoms with E-state index in [-0.39, 0.29) is 11.9 Å². The number of hydrogen-bond donors (Lipinski definition) is 0. The van der Waals surface area contributed by atoms with E-state index in [9.17, 15) is 9.59 Å². The summed E-state index contributed by atoms with van der Waals surface area (Å²) in [6.45, 7) is 9.83. The first-order chi connectivity index (χ1) is 25.6. The van der Waals surface area contributed by atoms with Crippen LogP contribution < -0.4 is 0 Å². The minimum Gasteiger partial charge on any atom is -0.466 e. The van der Waals surface area contributed by atoms with Crippen LogP contribution in [0.3, 0.4) is 0 Å². The first-order valence-corrected chi connectivity index (χ1v) is 23.9. The summed E-state index contributed by atoms with van der Waals surface area (Å²) >= 11 is 0. The molecule has 0 aromatic rings. The van der Waals surface area contributed by atoms with Gasteiger partial charge in [0.2, 0.25) is 0 Å². The van der Waals surface area contributed by atoms with Crippen molar-refractivity contribution >= 4 is 11.9 Å². The van der Waals surface area contributed by atoms with Crippen LogP contribution in [0.5, 0.6) is 0 Å². The molecule has 0 unspecified atom stereocenters. The fourth-order valence-electron chi connectivity index (χ4n) is 7.01. The summed E-state index contributed by atoms with van der Waals surface area (Å²) in [5.41, 5.74) is 0. The van der Waals surface area contributed by atoms with Crippen LogP contribution in [0.2, 0.25) is 0 Å². The Bertz CT molecular complexity index is 663. The van der Waals surface area contributed by atoms with Gasteiger partial charge < -0.3 is 9.47 Å². The minimum atomic E-state index is -0.0304. The summed E-state index contributed by atoms with van der Waals surface area (Å²) in [6.07, 6.45) is 52.3. The third-order valence-corrected chi connectivity index (χ3v) is 10.5. The van der Waals surface area contributed by atoms with Crippen molar-refractivity contribution in [1.82, 2.24) is 0 Å². The Morgan fingerprint density at radius 3 is 0.731 bits per heavy atom. The highest BCUT2D eigenvalue weighted by molar-refractivity contribution is 5.69. The van der Waals surface area contributed by atoms with Crippen LogP contribution in [0.4, 0.5) is 0 Å². The van der Waals surface area contributed by atoms with Gasteiger partial charge in [0.15, 0.2) is 0 Å². The lowest BCUT2D eigenvalue weighted by Crippen LogP contribution is -2.05. The van der Waals surface area contributed by atoms with E-state index in [4.69, 9.17) is 9.47 Å². The first kappa shape index (κ1) is 53.0. The zero-order valence-corrected chi connectivity index (χ0v) is 36.3. The van der Waals surface area contributed by atoms with Crippen molar-refractivity contribution in [2.75, 3.05) is 13.2 Å². The van der Waals surface area contributed by atoms with Crippen LogP contribution in [-0.4, -0.2) is 25.2 Å². The summed E-state index contributed by atoms with van der Waals surface area (Å²) in [7, 11) is 0. The third-order valence-electron chi connectivity index (χ3n) is 10.5. The number of esters is 2. The molecule has 0 atom stereocenters. The molecule has 0 bridgehead atoms. The molecule has 0 amide bonds. The number of carbonyl (C=O) groups excluding carboxylic acids is 2. The maximum absolute atomic E-state index is 11.8. The molecule has 0 radical (unpaired) electrons. The summed E-state index contributed by atoms with van der Waals surface area (Å²) in [6, 6.07) is 0. The van der Waals surface area contributed by atoms with E-state index in [1.54, 1.807) is 0 Å². The number of rotatable bonds is 42. The fourth-order valence-corrected chi connectivity index (χ4v) is 7.01. The van der Waals surface area contributed by atoms with Gasteiger partial charge in [-0.05, 0) is 26.2 Å². The molecule has 0 aromatic heterocycles. The number of carbonyl (C=O) groups is 2. The largest absolute Gasteiger partial charge is 0.466 e. The third kappa shape index (κ3) is 51.0. The quantitative estimate of drug-likeness (QED) is 0.0462. The number of unbranched alkanes of at least 4 members (excludes halogenated alkanes) is 35. The molecule has 0 fully saturated rings. The smallest absolute Gasteiger partial charge is 0.305 e. The normalized spacial score (nSPS) is 11.0.